The Bertz CT molecular complexity index is 347. The number of para-hydroxylation sites is 1. The first-order valence-corrected chi connectivity index (χ1v) is 5.63. The van der Waals surface area contributed by atoms with Crippen LogP contribution in [-0.2, 0) is 11.2 Å². The Hall–Kier alpha value is -1.51. The maximum atomic E-state index is 10.6. The van der Waals surface area contributed by atoms with Gasteiger partial charge < -0.3 is 9.84 Å². The zero-order valence-electron chi connectivity index (χ0n) is 9.77. The lowest BCUT2D eigenvalue weighted by atomic mass is 10.1. The molecule has 1 rings (SSSR count). The van der Waals surface area contributed by atoms with Gasteiger partial charge >= 0.3 is 5.97 Å². The topological polar surface area (TPSA) is 46.5 Å². The first-order chi connectivity index (χ1) is 7.67. The zero-order chi connectivity index (χ0) is 12.0. The molecule has 16 heavy (non-hydrogen) atoms. The van der Waals surface area contributed by atoms with Gasteiger partial charge in [0.15, 0.2) is 0 Å². The first kappa shape index (κ1) is 12.6. The maximum absolute atomic E-state index is 10.6. The summed E-state index contributed by atoms with van der Waals surface area (Å²) in [6, 6.07) is 7.76. The number of carboxylic acids is 1. The van der Waals surface area contributed by atoms with Crippen LogP contribution in [0.5, 0.6) is 5.75 Å². The van der Waals surface area contributed by atoms with E-state index in [1.807, 2.05) is 31.2 Å². The Morgan fingerprint density at radius 2 is 2.06 bits per heavy atom. The van der Waals surface area contributed by atoms with Crippen molar-refractivity contribution in [3.8, 4) is 5.75 Å². The van der Waals surface area contributed by atoms with E-state index in [0.29, 0.717) is 6.42 Å². The summed E-state index contributed by atoms with van der Waals surface area (Å²) in [4.78, 5) is 10.6. The van der Waals surface area contributed by atoms with Crippen molar-refractivity contribution in [1.82, 2.24) is 0 Å². The number of carbonyl (C=O) groups is 1. The third-order valence-electron chi connectivity index (χ3n) is 2.50. The Balaban J connectivity index is 2.73. The third kappa shape index (κ3) is 3.57. The number of benzene rings is 1. The molecule has 0 aromatic heterocycles. The van der Waals surface area contributed by atoms with E-state index in [0.717, 1.165) is 17.7 Å². The second kappa shape index (κ2) is 6.16. The van der Waals surface area contributed by atoms with Crippen LogP contribution < -0.4 is 4.74 Å². The van der Waals surface area contributed by atoms with Gasteiger partial charge in [0.05, 0.1) is 6.42 Å². The van der Waals surface area contributed by atoms with Crippen molar-refractivity contribution in [2.45, 2.75) is 39.2 Å². The van der Waals surface area contributed by atoms with E-state index in [9.17, 15) is 4.79 Å². The fourth-order valence-corrected chi connectivity index (χ4v) is 1.55. The molecule has 0 fully saturated rings. The minimum absolute atomic E-state index is 0.0501. The first-order valence-electron chi connectivity index (χ1n) is 5.63. The van der Waals surface area contributed by atoms with Crippen LogP contribution in [0.3, 0.4) is 0 Å². The number of hydrogen-bond donors (Lipinski definition) is 1. The van der Waals surface area contributed by atoms with Gasteiger partial charge in [-0.15, -0.1) is 0 Å². The average Bonchev–Trinajstić information content (AvgIpc) is 2.28. The quantitative estimate of drug-likeness (QED) is 0.805. The van der Waals surface area contributed by atoms with Crippen molar-refractivity contribution >= 4 is 5.97 Å². The van der Waals surface area contributed by atoms with E-state index in [4.69, 9.17) is 9.84 Å². The Labute approximate surface area is 96.1 Å². The lowest BCUT2D eigenvalue weighted by molar-refractivity contribution is -0.138. The number of aliphatic carboxylic acids is 1. The minimum Gasteiger partial charge on any atom is -0.490 e. The number of hydrogen-bond acceptors (Lipinski definition) is 2. The molecular formula is C13H18O3. The van der Waals surface area contributed by atoms with E-state index in [1.54, 1.807) is 0 Å². The highest BCUT2D eigenvalue weighted by Crippen LogP contribution is 2.21. The van der Waals surface area contributed by atoms with Crippen LogP contribution in [-0.4, -0.2) is 17.2 Å². The second-order valence-corrected chi connectivity index (χ2v) is 3.71. The van der Waals surface area contributed by atoms with Crippen LogP contribution >= 0.6 is 0 Å². The molecule has 1 aromatic carbocycles. The molecule has 1 atom stereocenters. The van der Waals surface area contributed by atoms with Gasteiger partial charge in [0.1, 0.15) is 11.9 Å². The summed E-state index contributed by atoms with van der Waals surface area (Å²) < 4.78 is 5.72. The normalized spacial score (nSPS) is 12.1. The van der Waals surface area contributed by atoms with Gasteiger partial charge in [0, 0.05) is 0 Å². The monoisotopic (exact) mass is 222 g/mol. The summed E-state index contributed by atoms with van der Waals surface area (Å²) in [7, 11) is 0. The van der Waals surface area contributed by atoms with E-state index in [1.165, 1.54) is 0 Å². The highest BCUT2D eigenvalue weighted by molar-refractivity contribution is 5.67. The minimum atomic E-state index is -0.819. The molecule has 1 aromatic rings. The largest absolute Gasteiger partial charge is 0.490 e. The summed E-state index contributed by atoms with van der Waals surface area (Å²) in [5, 5.41) is 8.74. The predicted molar refractivity (Wildman–Crippen MR) is 62.8 cm³/mol. The zero-order valence-corrected chi connectivity index (χ0v) is 9.77. The fourth-order valence-electron chi connectivity index (χ4n) is 1.55. The molecule has 0 spiro atoms. The van der Waals surface area contributed by atoms with Crippen LogP contribution in [0.4, 0.5) is 0 Å². The molecule has 0 aliphatic heterocycles. The Kier molecular flexibility index (Phi) is 4.83. The molecule has 0 bridgehead atoms. The van der Waals surface area contributed by atoms with Crippen molar-refractivity contribution in [3.63, 3.8) is 0 Å². The summed E-state index contributed by atoms with van der Waals surface area (Å²) in [6.45, 7) is 3.99. The Morgan fingerprint density at radius 3 is 2.62 bits per heavy atom. The van der Waals surface area contributed by atoms with Crippen molar-refractivity contribution in [2.75, 3.05) is 0 Å². The van der Waals surface area contributed by atoms with Crippen LogP contribution in [0.1, 0.15) is 32.3 Å². The smallest absolute Gasteiger partial charge is 0.307 e. The number of aryl methyl sites for hydroxylation is 1. The van der Waals surface area contributed by atoms with Crippen molar-refractivity contribution in [1.29, 1.82) is 0 Å². The molecule has 0 radical (unpaired) electrons. The van der Waals surface area contributed by atoms with Gasteiger partial charge in [-0.2, -0.15) is 0 Å². The molecule has 0 heterocycles. The van der Waals surface area contributed by atoms with E-state index >= 15 is 0 Å². The molecule has 1 unspecified atom stereocenters. The summed E-state index contributed by atoms with van der Waals surface area (Å²) in [5.41, 5.74) is 1.12. The van der Waals surface area contributed by atoms with Gasteiger partial charge in [-0.05, 0) is 24.5 Å². The lowest BCUT2D eigenvalue weighted by Crippen LogP contribution is -2.20. The molecular weight excluding hydrogens is 204 g/mol. The van der Waals surface area contributed by atoms with Crippen molar-refractivity contribution in [2.24, 2.45) is 0 Å². The fraction of sp³-hybridized carbons (Fsp3) is 0.462. The van der Waals surface area contributed by atoms with Gasteiger partial charge in [-0.25, -0.2) is 0 Å². The maximum Gasteiger partial charge on any atom is 0.307 e. The molecule has 1 N–H and O–H groups in total. The van der Waals surface area contributed by atoms with Gasteiger partial charge in [-0.3, -0.25) is 4.79 Å². The molecule has 0 saturated heterocycles. The van der Waals surface area contributed by atoms with Crippen molar-refractivity contribution < 1.29 is 14.6 Å². The average molecular weight is 222 g/mol. The van der Waals surface area contributed by atoms with E-state index in [-0.39, 0.29) is 12.5 Å². The van der Waals surface area contributed by atoms with Gasteiger partial charge in [0.2, 0.25) is 0 Å². The van der Waals surface area contributed by atoms with Gasteiger partial charge in [0.25, 0.3) is 0 Å². The molecule has 0 aliphatic rings. The standard InChI is InChI=1S/C13H18O3/c1-3-10-7-5-6-8-12(10)16-11(4-2)9-13(14)15/h5-8,11H,3-4,9H2,1-2H3,(H,14,15). The molecule has 3 heteroatoms. The number of rotatable bonds is 6. The SMILES string of the molecule is CCc1ccccc1OC(CC)CC(=O)O. The number of carboxylic acid groups (broad SMARTS) is 1. The summed E-state index contributed by atoms with van der Waals surface area (Å²) in [6.07, 6.45) is 1.39. The van der Waals surface area contributed by atoms with E-state index < -0.39 is 5.97 Å². The molecule has 0 amide bonds. The van der Waals surface area contributed by atoms with Crippen LogP contribution in [0.25, 0.3) is 0 Å². The second-order valence-electron chi connectivity index (χ2n) is 3.71. The molecule has 3 nitrogen and oxygen atoms in total. The molecule has 88 valence electrons. The highest BCUT2D eigenvalue weighted by atomic mass is 16.5. The molecule has 0 saturated carbocycles. The molecule has 0 aliphatic carbocycles. The summed E-state index contributed by atoms with van der Waals surface area (Å²) in [5.74, 6) is -0.0149. The third-order valence-corrected chi connectivity index (χ3v) is 2.50. The Morgan fingerprint density at radius 1 is 1.38 bits per heavy atom. The van der Waals surface area contributed by atoms with Crippen LogP contribution in [0, 0.1) is 0 Å². The van der Waals surface area contributed by atoms with E-state index in [2.05, 4.69) is 6.92 Å². The lowest BCUT2D eigenvalue weighted by Gasteiger charge is -2.17. The summed E-state index contributed by atoms with van der Waals surface area (Å²) >= 11 is 0. The van der Waals surface area contributed by atoms with Crippen molar-refractivity contribution in [3.05, 3.63) is 29.8 Å². The number of ether oxygens (including phenoxy) is 1. The van der Waals surface area contributed by atoms with Crippen LogP contribution in [0.2, 0.25) is 0 Å². The van der Waals surface area contributed by atoms with Gasteiger partial charge in [-0.1, -0.05) is 32.0 Å². The highest BCUT2D eigenvalue weighted by Gasteiger charge is 2.13. The van der Waals surface area contributed by atoms with Crippen LogP contribution in [0.15, 0.2) is 24.3 Å². The predicted octanol–water partition coefficient (Wildman–Crippen LogP) is 2.88.